The molecule has 1 fully saturated rings. The van der Waals surface area contributed by atoms with Crippen molar-refractivity contribution in [1.29, 1.82) is 0 Å². The highest BCUT2D eigenvalue weighted by Crippen LogP contribution is 2.24. The predicted molar refractivity (Wildman–Crippen MR) is 86.0 cm³/mol. The molecule has 1 aliphatic heterocycles. The molecule has 22 heavy (non-hydrogen) atoms. The fraction of sp³-hybridized carbons (Fsp3) is 0.529. The number of rotatable bonds is 4. The van der Waals surface area contributed by atoms with E-state index in [1.54, 1.807) is 30.7 Å². The molecule has 2 N–H and O–H groups in total. The van der Waals surface area contributed by atoms with Crippen LogP contribution in [0.5, 0.6) is 0 Å². The summed E-state index contributed by atoms with van der Waals surface area (Å²) in [5, 5.41) is 0. The van der Waals surface area contributed by atoms with Crippen LogP contribution in [0.1, 0.15) is 38.3 Å². The van der Waals surface area contributed by atoms with Gasteiger partial charge in [-0.25, -0.2) is 0 Å². The molecule has 0 spiro atoms. The van der Waals surface area contributed by atoms with E-state index < -0.39 is 5.54 Å². The Morgan fingerprint density at radius 2 is 1.91 bits per heavy atom. The molecule has 1 aliphatic rings. The lowest BCUT2D eigenvalue weighted by molar-refractivity contribution is -0.157. The smallest absolute Gasteiger partial charge is 0.247 e. The van der Waals surface area contributed by atoms with Gasteiger partial charge in [0.1, 0.15) is 5.54 Å². The maximum absolute atomic E-state index is 12.5. The van der Waals surface area contributed by atoms with Gasteiger partial charge in [-0.2, -0.15) is 0 Å². The van der Waals surface area contributed by atoms with Crippen LogP contribution in [0.15, 0.2) is 30.3 Å². The lowest BCUT2D eigenvalue weighted by atomic mass is 9.96. The van der Waals surface area contributed by atoms with Crippen LogP contribution in [0, 0.1) is 0 Å². The van der Waals surface area contributed by atoms with Gasteiger partial charge in [0, 0.05) is 32.6 Å². The molecule has 1 aromatic carbocycles. The van der Waals surface area contributed by atoms with Crippen molar-refractivity contribution in [3.8, 4) is 0 Å². The summed E-state index contributed by atoms with van der Waals surface area (Å²) in [5.74, 6) is -0.0164. The van der Waals surface area contributed by atoms with E-state index in [1.807, 2.05) is 30.3 Å². The molecule has 0 radical (unpaired) electrons. The number of hydrogen-bond donors (Lipinski definition) is 1. The lowest BCUT2D eigenvalue weighted by Gasteiger charge is -2.44. The fourth-order valence-electron chi connectivity index (χ4n) is 2.93. The molecule has 0 unspecified atom stereocenters. The number of carbonyl (C=O) groups is 2. The summed E-state index contributed by atoms with van der Waals surface area (Å²) in [5.41, 5.74) is 6.40. The van der Waals surface area contributed by atoms with Crippen molar-refractivity contribution in [2.24, 2.45) is 5.73 Å². The first-order valence-corrected chi connectivity index (χ1v) is 7.70. The average molecular weight is 303 g/mol. The largest absolute Gasteiger partial charge is 0.342 e. The van der Waals surface area contributed by atoms with E-state index in [-0.39, 0.29) is 17.9 Å². The molecule has 0 aromatic heterocycles. The fourth-order valence-corrected chi connectivity index (χ4v) is 2.93. The highest BCUT2D eigenvalue weighted by Gasteiger charge is 2.42. The second-order valence-corrected chi connectivity index (χ2v) is 6.39. The minimum absolute atomic E-state index is 0.00201. The first-order valence-electron chi connectivity index (χ1n) is 7.70. The van der Waals surface area contributed by atoms with Crippen LogP contribution >= 0.6 is 0 Å². The van der Waals surface area contributed by atoms with Crippen LogP contribution in [0.25, 0.3) is 0 Å². The Morgan fingerprint density at radius 1 is 1.27 bits per heavy atom. The van der Waals surface area contributed by atoms with Gasteiger partial charge >= 0.3 is 0 Å². The van der Waals surface area contributed by atoms with Gasteiger partial charge < -0.3 is 15.5 Å². The Bertz CT molecular complexity index is 542. The standard InChI is InChI=1S/C17H25N3O2/c1-17(2)16(22)19(3)11-12-20(17)15(21)10-9-14(18)13-7-5-4-6-8-13/h4-8,14H,9-12,18H2,1-3H3/t14-/m1/s1. The zero-order valence-electron chi connectivity index (χ0n) is 13.6. The van der Waals surface area contributed by atoms with Crippen molar-refractivity contribution in [3.63, 3.8) is 0 Å². The van der Waals surface area contributed by atoms with E-state index in [9.17, 15) is 9.59 Å². The molecule has 1 aromatic rings. The third-order valence-corrected chi connectivity index (χ3v) is 4.40. The van der Waals surface area contributed by atoms with Crippen LogP contribution in [-0.4, -0.2) is 47.3 Å². The van der Waals surface area contributed by atoms with Crippen LogP contribution in [0.4, 0.5) is 0 Å². The molecule has 1 atom stereocenters. The molecule has 0 bridgehead atoms. The van der Waals surface area contributed by atoms with Gasteiger partial charge in [0.05, 0.1) is 0 Å². The van der Waals surface area contributed by atoms with E-state index in [0.717, 1.165) is 5.56 Å². The van der Waals surface area contributed by atoms with E-state index in [0.29, 0.717) is 25.9 Å². The monoisotopic (exact) mass is 303 g/mol. The van der Waals surface area contributed by atoms with Crippen LogP contribution in [0.3, 0.4) is 0 Å². The summed E-state index contributed by atoms with van der Waals surface area (Å²) in [6.45, 7) is 4.77. The molecule has 2 rings (SSSR count). The second-order valence-electron chi connectivity index (χ2n) is 6.39. The number of piperazine rings is 1. The molecule has 5 heteroatoms. The topological polar surface area (TPSA) is 66.6 Å². The van der Waals surface area contributed by atoms with Crippen LogP contribution in [-0.2, 0) is 9.59 Å². The Hall–Kier alpha value is -1.88. The summed E-state index contributed by atoms with van der Waals surface area (Å²) in [4.78, 5) is 28.1. The van der Waals surface area contributed by atoms with Gasteiger partial charge in [-0.1, -0.05) is 30.3 Å². The van der Waals surface area contributed by atoms with Crippen molar-refractivity contribution >= 4 is 11.8 Å². The molecule has 0 saturated carbocycles. The number of nitrogens with zero attached hydrogens (tertiary/aromatic N) is 2. The Labute approximate surface area is 132 Å². The van der Waals surface area contributed by atoms with Gasteiger partial charge in [-0.3, -0.25) is 9.59 Å². The van der Waals surface area contributed by atoms with Crippen molar-refractivity contribution in [1.82, 2.24) is 9.80 Å². The maximum atomic E-state index is 12.5. The number of amides is 2. The minimum atomic E-state index is -0.777. The van der Waals surface area contributed by atoms with Gasteiger partial charge in [0.2, 0.25) is 11.8 Å². The summed E-state index contributed by atoms with van der Waals surface area (Å²) in [6.07, 6.45) is 0.940. The summed E-state index contributed by atoms with van der Waals surface area (Å²) in [6, 6.07) is 9.62. The van der Waals surface area contributed by atoms with E-state index in [4.69, 9.17) is 5.73 Å². The lowest BCUT2D eigenvalue weighted by Crippen LogP contribution is -2.63. The minimum Gasteiger partial charge on any atom is -0.342 e. The normalized spacial score (nSPS) is 19.2. The first kappa shape index (κ1) is 16.5. The van der Waals surface area contributed by atoms with Crippen molar-refractivity contribution in [2.45, 2.75) is 38.3 Å². The maximum Gasteiger partial charge on any atom is 0.247 e. The zero-order valence-corrected chi connectivity index (χ0v) is 13.6. The van der Waals surface area contributed by atoms with Crippen LogP contribution in [0.2, 0.25) is 0 Å². The third-order valence-electron chi connectivity index (χ3n) is 4.40. The van der Waals surface area contributed by atoms with E-state index >= 15 is 0 Å². The number of carbonyl (C=O) groups excluding carboxylic acids is 2. The number of benzene rings is 1. The molecular formula is C17H25N3O2. The molecule has 120 valence electrons. The van der Waals surface area contributed by atoms with Crippen LogP contribution < -0.4 is 5.73 Å². The third kappa shape index (κ3) is 3.30. The molecule has 1 saturated heterocycles. The Balaban J connectivity index is 1.96. The van der Waals surface area contributed by atoms with Crippen molar-refractivity contribution in [3.05, 3.63) is 35.9 Å². The first-order chi connectivity index (χ1) is 10.3. The Kier molecular flexibility index (Phi) is 4.86. The number of nitrogens with two attached hydrogens (primary N) is 1. The van der Waals surface area contributed by atoms with Crippen molar-refractivity contribution < 1.29 is 9.59 Å². The summed E-state index contributed by atoms with van der Waals surface area (Å²) < 4.78 is 0. The van der Waals surface area contributed by atoms with E-state index in [1.165, 1.54) is 0 Å². The second kappa shape index (κ2) is 6.48. The quantitative estimate of drug-likeness (QED) is 0.917. The average Bonchev–Trinajstić information content (AvgIpc) is 2.51. The summed E-state index contributed by atoms with van der Waals surface area (Å²) >= 11 is 0. The highest BCUT2D eigenvalue weighted by atomic mass is 16.2. The van der Waals surface area contributed by atoms with Gasteiger partial charge in [0.25, 0.3) is 0 Å². The SMILES string of the molecule is CN1CCN(C(=O)CC[C@@H](N)c2ccccc2)C(C)(C)C1=O. The van der Waals surface area contributed by atoms with E-state index in [2.05, 4.69) is 0 Å². The Morgan fingerprint density at radius 3 is 2.55 bits per heavy atom. The number of likely N-dealkylation sites (N-methyl/N-ethyl adjacent to an activating group) is 1. The highest BCUT2D eigenvalue weighted by molar-refractivity contribution is 5.91. The molecule has 5 nitrogen and oxygen atoms in total. The molecule has 1 heterocycles. The van der Waals surface area contributed by atoms with Crippen molar-refractivity contribution in [2.75, 3.05) is 20.1 Å². The zero-order chi connectivity index (χ0) is 16.3. The number of hydrogen-bond acceptors (Lipinski definition) is 3. The summed E-state index contributed by atoms with van der Waals surface area (Å²) in [7, 11) is 1.78. The predicted octanol–water partition coefficient (Wildman–Crippen LogP) is 1.55. The molecular weight excluding hydrogens is 278 g/mol. The van der Waals surface area contributed by atoms with Gasteiger partial charge in [-0.15, -0.1) is 0 Å². The molecule has 0 aliphatic carbocycles. The molecule has 2 amide bonds. The van der Waals surface area contributed by atoms with Gasteiger partial charge in [-0.05, 0) is 25.8 Å². The van der Waals surface area contributed by atoms with Gasteiger partial charge in [0.15, 0.2) is 0 Å².